The number of nitrogens with zero attached hydrogens (tertiary/aromatic N) is 1. The first kappa shape index (κ1) is 26.8. The molecule has 0 unspecified atom stereocenters. The zero-order chi connectivity index (χ0) is 28.1. The van der Waals surface area contributed by atoms with Gasteiger partial charge >= 0.3 is 5.97 Å². The average Bonchev–Trinajstić information content (AvgIpc) is 3.24. The van der Waals surface area contributed by atoms with Crippen LogP contribution in [0, 0.1) is 0 Å². The van der Waals surface area contributed by atoms with Crippen LogP contribution in [0.2, 0.25) is 0 Å². The molecule has 0 spiro atoms. The highest BCUT2D eigenvalue weighted by molar-refractivity contribution is 8.18. The molecule has 0 aromatic heterocycles. The van der Waals surface area contributed by atoms with Crippen LogP contribution < -0.4 is 18.9 Å². The van der Waals surface area contributed by atoms with Crippen LogP contribution in [0.5, 0.6) is 23.0 Å². The van der Waals surface area contributed by atoms with Crippen molar-refractivity contribution in [3.63, 3.8) is 0 Å². The fourth-order valence-corrected chi connectivity index (χ4v) is 5.03. The Morgan fingerprint density at radius 1 is 0.850 bits per heavy atom. The minimum absolute atomic E-state index is 0.110. The molecule has 1 aliphatic rings. The zero-order valence-electron chi connectivity index (χ0n) is 21.8. The van der Waals surface area contributed by atoms with E-state index in [-0.39, 0.29) is 29.0 Å². The van der Waals surface area contributed by atoms with E-state index in [0.29, 0.717) is 28.4 Å². The van der Waals surface area contributed by atoms with Crippen LogP contribution in [0.1, 0.15) is 15.9 Å². The van der Waals surface area contributed by atoms with Crippen LogP contribution in [-0.4, -0.2) is 49.4 Å². The Bertz CT molecular complexity index is 1610. The lowest BCUT2D eigenvalue weighted by Gasteiger charge is -2.14. The Morgan fingerprint density at radius 2 is 1.62 bits per heavy atom. The van der Waals surface area contributed by atoms with Gasteiger partial charge in [-0.05, 0) is 71.3 Å². The van der Waals surface area contributed by atoms with E-state index in [2.05, 4.69) is 0 Å². The van der Waals surface area contributed by atoms with E-state index in [9.17, 15) is 14.4 Å². The molecule has 0 aliphatic carbocycles. The topological polar surface area (TPSA) is 91.4 Å². The Hall–Kier alpha value is -4.76. The maximum atomic E-state index is 13.0. The van der Waals surface area contributed by atoms with Gasteiger partial charge in [-0.2, -0.15) is 0 Å². The number of carbonyl (C=O) groups is 3. The minimum atomic E-state index is -0.579. The maximum absolute atomic E-state index is 13.0. The van der Waals surface area contributed by atoms with E-state index in [1.807, 2.05) is 42.5 Å². The number of rotatable bonds is 9. The molecule has 1 fully saturated rings. The molecule has 5 rings (SSSR count). The third-order valence-electron chi connectivity index (χ3n) is 6.21. The monoisotopic (exact) mass is 555 g/mol. The fourth-order valence-electron chi connectivity index (χ4n) is 4.16. The summed E-state index contributed by atoms with van der Waals surface area (Å²) in [6.07, 6.45) is 1.58. The molecular weight excluding hydrogens is 530 g/mol. The van der Waals surface area contributed by atoms with Crippen molar-refractivity contribution in [1.82, 2.24) is 4.90 Å². The van der Waals surface area contributed by atoms with Crippen molar-refractivity contribution < 1.29 is 33.3 Å². The van der Waals surface area contributed by atoms with Crippen molar-refractivity contribution in [2.75, 3.05) is 27.4 Å². The van der Waals surface area contributed by atoms with Crippen LogP contribution in [-0.2, 0) is 4.79 Å². The molecule has 0 radical (unpaired) electrons. The smallest absolute Gasteiger partial charge is 0.343 e. The molecule has 9 heteroatoms. The summed E-state index contributed by atoms with van der Waals surface area (Å²) in [7, 11) is 3.00. The number of methoxy groups -OCH3 is 2. The average molecular weight is 556 g/mol. The summed E-state index contributed by atoms with van der Waals surface area (Å²) in [6, 6.07) is 25.0. The van der Waals surface area contributed by atoms with E-state index >= 15 is 0 Å². The molecule has 202 valence electrons. The Morgan fingerprint density at radius 3 is 2.40 bits per heavy atom. The van der Waals surface area contributed by atoms with Gasteiger partial charge in [0, 0.05) is 5.39 Å². The number of esters is 1. The van der Waals surface area contributed by atoms with Crippen LogP contribution in [0.4, 0.5) is 4.79 Å². The van der Waals surface area contributed by atoms with Gasteiger partial charge in [-0.25, -0.2) is 4.79 Å². The van der Waals surface area contributed by atoms with Crippen molar-refractivity contribution in [3.8, 4) is 23.0 Å². The Kier molecular flexibility index (Phi) is 8.02. The first-order valence-corrected chi connectivity index (χ1v) is 13.2. The summed E-state index contributed by atoms with van der Waals surface area (Å²) in [5.41, 5.74) is 0.899. The third-order valence-corrected chi connectivity index (χ3v) is 7.12. The predicted octanol–water partition coefficient (Wildman–Crippen LogP) is 6.19. The van der Waals surface area contributed by atoms with Crippen molar-refractivity contribution in [2.45, 2.75) is 0 Å². The van der Waals surface area contributed by atoms with E-state index < -0.39 is 11.9 Å². The molecule has 0 N–H and O–H groups in total. The highest BCUT2D eigenvalue weighted by Crippen LogP contribution is 2.35. The third kappa shape index (κ3) is 5.79. The van der Waals surface area contributed by atoms with Crippen molar-refractivity contribution in [2.24, 2.45) is 0 Å². The first-order valence-electron chi connectivity index (χ1n) is 12.4. The lowest BCUT2D eigenvalue weighted by Crippen LogP contribution is -2.32. The summed E-state index contributed by atoms with van der Waals surface area (Å²) in [6.45, 7) is 0.270. The van der Waals surface area contributed by atoms with Gasteiger partial charge in [0.1, 0.15) is 18.1 Å². The SMILES string of the molecule is COc1ccc(C(=O)Oc2cc(/C=C3\SC(=O)N(CCOc4cccc5ccccc45)C3=O)ccc2OC)cc1. The second-order valence-electron chi connectivity index (χ2n) is 8.69. The largest absolute Gasteiger partial charge is 0.497 e. The molecule has 0 atom stereocenters. The molecule has 0 bridgehead atoms. The fraction of sp³-hybridized carbons (Fsp3) is 0.129. The van der Waals surface area contributed by atoms with Gasteiger partial charge in [0.2, 0.25) is 0 Å². The van der Waals surface area contributed by atoms with Gasteiger partial charge < -0.3 is 18.9 Å². The summed E-state index contributed by atoms with van der Waals surface area (Å²) in [5.74, 6) is 0.840. The zero-order valence-corrected chi connectivity index (χ0v) is 22.6. The molecule has 4 aromatic rings. The van der Waals surface area contributed by atoms with Crippen molar-refractivity contribution in [1.29, 1.82) is 0 Å². The van der Waals surface area contributed by atoms with E-state index in [0.717, 1.165) is 27.4 Å². The number of fused-ring (bicyclic) bond motifs is 1. The quantitative estimate of drug-likeness (QED) is 0.137. The van der Waals surface area contributed by atoms with Gasteiger partial charge in [-0.1, -0.05) is 42.5 Å². The van der Waals surface area contributed by atoms with Gasteiger partial charge in [0.05, 0.1) is 31.2 Å². The first-order chi connectivity index (χ1) is 19.5. The number of carbonyl (C=O) groups excluding carboxylic acids is 3. The van der Waals surface area contributed by atoms with E-state index in [4.69, 9.17) is 18.9 Å². The normalized spacial score (nSPS) is 14.1. The predicted molar refractivity (Wildman–Crippen MR) is 153 cm³/mol. The number of imide groups is 1. The highest BCUT2D eigenvalue weighted by atomic mass is 32.2. The minimum Gasteiger partial charge on any atom is -0.497 e. The molecule has 1 aliphatic heterocycles. The molecular formula is C31H25NO7S. The number of hydrogen-bond donors (Lipinski definition) is 0. The van der Waals surface area contributed by atoms with Gasteiger partial charge in [-0.15, -0.1) is 0 Å². The number of hydrogen-bond acceptors (Lipinski definition) is 8. The molecule has 4 aromatic carbocycles. The number of thioether (sulfide) groups is 1. The van der Waals surface area contributed by atoms with Crippen molar-refractivity contribution in [3.05, 3.63) is 101 Å². The van der Waals surface area contributed by atoms with Crippen molar-refractivity contribution >= 4 is 45.7 Å². The van der Waals surface area contributed by atoms with Gasteiger partial charge in [0.25, 0.3) is 11.1 Å². The standard InChI is InChI=1S/C31H25NO7S/c1-36-23-13-11-22(12-14-23)30(34)39-27-18-20(10-15-26(27)37-2)19-28-29(33)32(31(35)40-28)16-17-38-25-9-5-7-21-6-3-4-8-24(21)25/h3-15,18-19H,16-17H2,1-2H3/b28-19-. The summed E-state index contributed by atoms with van der Waals surface area (Å²) >= 11 is 0.848. The second-order valence-corrected chi connectivity index (χ2v) is 9.68. The molecule has 1 saturated heterocycles. The number of benzene rings is 4. The Balaban J connectivity index is 1.27. The lowest BCUT2D eigenvalue weighted by atomic mass is 10.1. The van der Waals surface area contributed by atoms with Gasteiger partial charge in [0.15, 0.2) is 11.5 Å². The van der Waals surface area contributed by atoms with Crippen LogP contribution in [0.3, 0.4) is 0 Å². The summed E-state index contributed by atoms with van der Waals surface area (Å²) in [5, 5.41) is 1.63. The number of amides is 2. The highest BCUT2D eigenvalue weighted by Gasteiger charge is 2.35. The molecule has 2 amide bonds. The van der Waals surface area contributed by atoms with Crippen LogP contribution in [0.15, 0.2) is 89.8 Å². The Labute approximate surface area is 235 Å². The molecule has 0 saturated carbocycles. The van der Waals surface area contributed by atoms with Crippen LogP contribution in [0.25, 0.3) is 16.8 Å². The van der Waals surface area contributed by atoms with E-state index in [1.54, 1.807) is 55.7 Å². The molecule has 1 heterocycles. The van der Waals surface area contributed by atoms with Crippen LogP contribution >= 0.6 is 11.8 Å². The molecule has 8 nitrogen and oxygen atoms in total. The van der Waals surface area contributed by atoms with Gasteiger partial charge in [-0.3, -0.25) is 14.5 Å². The maximum Gasteiger partial charge on any atom is 0.343 e. The molecule has 40 heavy (non-hydrogen) atoms. The number of ether oxygens (including phenoxy) is 4. The van der Waals surface area contributed by atoms with E-state index in [1.165, 1.54) is 7.11 Å². The summed E-state index contributed by atoms with van der Waals surface area (Å²) in [4.78, 5) is 39.8. The second kappa shape index (κ2) is 12.0. The lowest BCUT2D eigenvalue weighted by molar-refractivity contribution is -0.123. The summed E-state index contributed by atoms with van der Waals surface area (Å²) < 4.78 is 22.0.